The summed E-state index contributed by atoms with van der Waals surface area (Å²) in [7, 11) is 1.59. The van der Waals surface area contributed by atoms with Crippen LogP contribution < -0.4 is 10.1 Å². The number of methoxy groups -OCH3 is 1. The second-order valence-corrected chi connectivity index (χ2v) is 6.51. The van der Waals surface area contributed by atoms with E-state index in [1.165, 1.54) is 0 Å². The van der Waals surface area contributed by atoms with Crippen molar-refractivity contribution in [3.63, 3.8) is 0 Å². The quantitative estimate of drug-likeness (QED) is 0.619. The number of carbonyl (C=O) groups is 1. The molecule has 1 N–H and O–H groups in total. The molecule has 0 bridgehead atoms. The average molecular weight is 369 g/mol. The van der Waals surface area contributed by atoms with Gasteiger partial charge in [0.2, 0.25) is 0 Å². The van der Waals surface area contributed by atoms with Gasteiger partial charge in [-0.2, -0.15) is 0 Å². The molecule has 0 radical (unpaired) electrons. The predicted molar refractivity (Wildman–Crippen MR) is 106 cm³/mol. The van der Waals surface area contributed by atoms with Crippen molar-refractivity contribution < 1.29 is 9.53 Å². The smallest absolute Gasteiger partial charge is 0.183 e. The van der Waals surface area contributed by atoms with Gasteiger partial charge in [-0.25, -0.2) is 0 Å². The lowest BCUT2D eigenvalue weighted by atomic mass is 10.1. The SMILES string of the molecule is COc1ccc(Cl)cc1NCC(=O)c1cc(C)n(-c2ccccc2)c1C. The van der Waals surface area contributed by atoms with Gasteiger partial charge in [-0.1, -0.05) is 29.8 Å². The maximum Gasteiger partial charge on any atom is 0.183 e. The number of Topliss-reactive ketones (excluding diaryl/α,β-unsaturated/α-hetero) is 1. The number of nitrogens with zero attached hydrogens (tertiary/aromatic N) is 1. The van der Waals surface area contributed by atoms with Crippen LogP contribution in [0.1, 0.15) is 21.7 Å². The van der Waals surface area contributed by atoms with E-state index in [9.17, 15) is 4.79 Å². The zero-order valence-corrected chi connectivity index (χ0v) is 15.8. The van der Waals surface area contributed by atoms with Crippen molar-refractivity contribution in [2.24, 2.45) is 0 Å². The molecule has 5 heteroatoms. The van der Waals surface area contributed by atoms with Gasteiger partial charge in [0.15, 0.2) is 5.78 Å². The summed E-state index contributed by atoms with van der Waals surface area (Å²) < 4.78 is 7.40. The van der Waals surface area contributed by atoms with Gasteiger partial charge in [0.1, 0.15) is 5.75 Å². The summed E-state index contributed by atoms with van der Waals surface area (Å²) in [5, 5.41) is 3.72. The molecule has 1 heterocycles. The van der Waals surface area contributed by atoms with Crippen LogP contribution in [0, 0.1) is 13.8 Å². The molecule has 0 amide bonds. The molecule has 0 saturated carbocycles. The Morgan fingerprint density at radius 3 is 2.54 bits per heavy atom. The van der Waals surface area contributed by atoms with E-state index in [1.54, 1.807) is 25.3 Å². The van der Waals surface area contributed by atoms with Crippen LogP contribution in [0.15, 0.2) is 54.6 Å². The topological polar surface area (TPSA) is 43.3 Å². The Balaban J connectivity index is 1.82. The zero-order valence-electron chi connectivity index (χ0n) is 15.0. The summed E-state index contributed by atoms with van der Waals surface area (Å²) in [6.07, 6.45) is 0. The number of aryl methyl sites for hydroxylation is 1. The summed E-state index contributed by atoms with van der Waals surface area (Å²) in [6, 6.07) is 17.2. The average Bonchev–Trinajstić information content (AvgIpc) is 2.95. The number of rotatable bonds is 6. The molecule has 0 unspecified atom stereocenters. The fourth-order valence-corrected chi connectivity index (χ4v) is 3.28. The van der Waals surface area contributed by atoms with Crippen molar-refractivity contribution in [3.8, 4) is 11.4 Å². The predicted octanol–water partition coefficient (Wildman–Crippen LogP) is 5.05. The second-order valence-electron chi connectivity index (χ2n) is 6.08. The van der Waals surface area contributed by atoms with Crippen LogP contribution in [0.25, 0.3) is 5.69 Å². The summed E-state index contributed by atoms with van der Waals surface area (Å²) in [5.41, 5.74) is 4.41. The first-order valence-electron chi connectivity index (χ1n) is 8.36. The van der Waals surface area contributed by atoms with E-state index in [0.29, 0.717) is 22.0 Å². The van der Waals surface area contributed by atoms with E-state index in [4.69, 9.17) is 16.3 Å². The third-order valence-electron chi connectivity index (χ3n) is 4.35. The van der Waals surface area contributed by atoms with Gasteiger partial charge in [0.25, 0.3) is 0 Å². The number of anilines is 1. The molecule has 0 saturated heterocycles. The summed E-state index contributed by atoms with van der Waals surface area (Å²) in [5.74, 6) is 0.666. The molecular formula is C21H21ClN2O2. The molecule has 0 aliphatic heterocycles. The number of ketones is 1. The second kappa shape index (κ2) is 7.67. The number of carbonyl (C=O) groups excluding carboxylic acids is 1. The molecule has 0 fully saturated rings. The van der Waals surface area contributed by atoms with Gasteiger partial charge in [0.05, 0.1) is 19.3 Å². The van der Waals surface area contributed by atoms with Crippen molar-refractivity contribution in [2.45, 2.75) is 13.8 Å². The van der Waals surface area contributed by atoms with Gasteiger partial charge >= 0.3 is 0 Å². The van der Waals surface area contributed by atoms with Crippen LogP contribution in [-0.2, 0) is 0 Å². The highest BCUT2D eigenvalue weighted by molar-refractivity contribution is 6.31. The number of halogens is 1. The van der Waals surface area contributed by atoms with Crippen molar-refractivity contribution in [1.29, 1.82) is 0 Å². The van der Waals surface area contributed by atoms with Gasteiger partial charge in [-0.15, -0.1) is 0 Å². The van der Waals surface area contributed by atoms with Crippen LogP contribution in [-0.4, -0.2) is 24.0 Å². The number of ether oxygens (including phenoxy) is 1. The Bertz CT molecular complexity index is 933. The lowest BCUT2D eigenvalue weighted by Gasteiger charge is -2.12. The molecule has 134 valence electrons. The molecule has 26 heavy (non-hydrogen) atoms. The Morgan fingerprint density at radius 1 is 1.12 bits per heavy atom. The lowest BCUT2D eigenvalue weighted by molar-refractivity contribution is 0.101. The van der Waals surface area contributed by atoms with E-state index in [1.807, 2.05) is 50.2 Å². The van der Waals surface area contributed by atoms with Crippen LogP contribution in [0.4, 0.5) is 5.69 Å². The van der Waals surface area contributed by atoms with Gasteiger partial charge in [0, 0.05) is 27.7 Å². The normalized spacial score (nSPS) is 10.6. The van der Waals surface area contributed by atoms with Crippen molar-refractivity contribution in [1.82, 2.24) is 4.57 Å². The molecule has 1 aromatic heterocycles. The Kier molecular flexibility index (Phi) is 5.33. The summed E-state index contributed by atoms with van der Waals surface area (Å²) in [6.45, 7) is 4.13. The van der Waals surface area contributed by atoms with E-state index >= 15 is 0 Å². The summed E-state index contributed by atoms with van der Waals surface area (Å²) in [4.78, 5) is 12.8. The standard InChI is InChI=1S/C21H21ClN2O2/c1-14-11-18(15(2)24(14)17-7-5-4-6-8-17)20(25)13-23-19-12-16(22)9-10-21(19)26-3/h4-12,23H,13H2,1-3H3. The highest BCUT2D eigenvalue weighted by Crippen LogP contribution is 2.28. The number of para-hydroxylation sites is 1. The van der Waals surface area contributed by atoms with Crippen molar-refractivity contribution >= 4 is 23.1 Å². The maximum atomic E-state index is 12.8. The number of benzene rings is 2. The number of nitrogens with one attached hydrogen (secondary N) is 1. The first-order chi connectivity index (χ1) is 12.5. The molecule has 4 nitrogen and oxygen atoms in total. The fraction of sp³-hybridized carbons (Fsp3) is 0.190. The van der Waals surface area contributed by atoms with Crippen LogP contribution in [0.5, 0.6) is 5.75 Å². The maximum absolute atomic E-state index is 12.8. The monoisotopic (exact) mass is 368 g/mol. The molecule has 2 aromatic carbocycles. The molecule has 0 atom stereocenters. The minimum atomic E-state index is 0.0160. The third-order valence-corrected chi connectivity index (χ3v) is 4.58. The van der Waals surface area contributed by atoms with Crippen LogP contribution in [0.3, 0.4) is 0 Å². The van der Waals surface area contributed by atoms with E-state index in [-0.39, 0.29) is 12.3 Å². The molecule has 0 aliphatic rings. The molecule has 3 aromatic rings. The Hall–Kier alpha value is -2.72. The van der Waals surface area contributed by atoms with Gasteiger partial charge in [-0.3, -0.25) is 4.79 Å². The minimum absolute atomic E-state index is 0.0160. The fourth-order valence-electron chi connectivity index (χ4n) is 3.11. The van der Waals surface area contributed by atoms with E-state index in [0.717, 1.165) is 17.1 Å². The first-order valence-corrected chi connectivity index (χ1v) is 8.74. The van der Waals surface area contributed by atoms with Gasteiger partial charge < -0.3 is 14.6 Å². The van der Waals surface area contributed by atoms with Crippen LogP contribution >= 0.6 is 11.6 Å². The highest BCUT2D eigenvalue weighted by atomic mass is 35.5. The molecule has 0 spiro atoms. The number of hydrogen-bond acceptors (Lipinski definition) is 3. The number of aromatic nitrogens is 1. The largest absolute Gasteiger partial charge is 0.495 e. The first kappa shape index (κ1) is 18.1. The van der Waals surface area contributed by atoms with Crippen molar-refractivity contribution in [2.75, 3.05) is 19.0 Å². The Labute approximate surface area is 158 Å². The zero-order chi connectivity index (χ0) is 18.7. The molecule has 0 aliphatic carbocycles. The van der Waals surface area contributed by atoms with E-state index < -0.39 is 0 Å². The Morgan fingerprint density at radius 2 is 1.85 bits per heavy atom. The summed E-state index contributed by atoms with van der Waals surface area (Å²) >= 11 is 6.04. The minimum Gasteiger partial charge on any atom is -0.495 e. The van der Waals surface area contributed by atoms with Gasteiger partial charge in [-0.05, 0) is 50.2 Å². The highest BCUT2D eigenvalue weighted by Gasteiger charge is 2.17. The molecule has 3 rings (SSSR count). The number of hydrogen-bond donors (Lipinski definition) is 1. The van der Waals surface area contributed by atoms with Crippen LogP contribution in [0.2, 0.25) is 5.02 Å². The van der Waals surface area contributed by atoms with Crippen molar-refractivity contribution in [3.05, 3.63) is 76.6 Å². The molecular weight excluding hydrogens is 348 g/mol. The van der Waals surface area contributed by atoms with E-state index in [2.05, 4.69) is 9.88 Å². The lowest BCUT2D eigenvalue weighted by Crippen LogP contribution is -2.15. The third kappa shape index (κ3) is 3.60.